The number of nitrogens with zero attached hydrogens (tertiary/aromatic N) is 5. The SMILES string of the molecule is Cn1ncnc1C1c2n[nH]c(=O)c3cc(F)cc(c23)N[C@H]1c1ccc(OC[C@](C)(O)C(=O)Nc2ccc(C#N)c(C(F)(F)F)c2)cc1. The zero-order chi connectivity index (χ0) is 33.7. The van der Waals surface area contributed by atoms with Crippen molar-refractivity contribution < 1.29 is 32.2 Å². The van der Waals surface area contributed by atoms with Crippen molar-refractivity contribution in [3.8, 4) is 11.8 Å². The maximum atomic E-state index is 14.5. The Morgan fingerprint density at radius 3 is 2.57 bits per heavy atom. The van der Waals surface area contributed by atoms with Gasteiger partial charge < -0.3 is 20.5 Å². The molecule has 1 amide bonds. The van der Waals surface area contributed by atoms with E-state index in [1.54, 1.807) is 36.0 Å². The van der Waals surface area contributed by atoms with E-state index in [1.165, 1.54) is 18.5 Å². The van der Waals surface area contributed by atoms with E-state index in [4.69, 9.17) is 10.00 Å². The molecule has 0 bridgehead atoms. The van der Waals surface area contributed by atoms with E-state index in [1.807, 2.05) is 0 Å². The first-order chi connectivity index (χ1) is 22.3. The van der Waals surface area contributed by atoms with Crippen molar-refractivity contribution in [1.29, 1.82) is 5.26 Å². The number of aryl methyl sites for hydroxylation is 1. The number of nitrogens with one attached hydrogen (secondary N) is 3. The predicted octanol–water partition coefficient (Wildman–Crippen LogP) is 4.15. The van der Waals surface area contributed by atoms with Gasteiger partial charge in [-0.05, 0) is 55.0 Å². The molecule has 5 aromatic rings. The summed E-state index contributed by atoms with van der Waals surface area (Å²) in [7, 11) is 1.71. The fourth-order valence-electron chi connectivity index (χ4n) is 5.45. The van der Waals surface area contributed by atoms with Crippen LogP contribution in [0.5, 0.6) is 5.75 Å². The van der Waals surface area contributed by atoms with Gasteiger partial charge in [-0.2, -0.15) is 28.6 Å². The van der Waals surface area contributed by atoms with Crippen LogP contribution in [0.25, 0.3) is 10.8 Å². The molecule has 2 aromatic heterocycles. The highest BCUT2D eigenvalue weighted by molar-refractivity contribution is 5.98. The largest absolute Gasteiger partial charge is 0.490 e. The molecule has 3 atom stereocenters. The molecule has 0 saturated heterocycles. The number of halogens is 4. The first-order valence-corrected chi connectivity index (χ1v) is 14.0. The summed E-state index contributed by atoms with van der Waals surface area (Å²) in [5.41, 5.74) is -3.30. The summed E-state index contributed by atoms with van der Waals surface area (Å²) in [4.78, 5) is 29.7. The van der Waals surface area contributed by atoms with Crippen LogP contribution < -0.4 is 20.9 Å². The van der Waals surface area contributed by atoms with Crippen LogP contribution in [0.1, 0.15) is 47.1 Å². The van der Waals surface area contributed by atoms with Gasteiger partial charge in [0.05, 0.1) is 40.2 Å². The third kappa shape index (κ3) is 5.84. The number of carbonyl (C=O) groups is 1. The molecule has 16 heteroatoms. The first kappa shape index (κ1) is 31.2. The van der Waals surface area contributed by atoms with Gasteiger partial charge in [0.15, 0.2) is 5.60 Å². The van der Waals surface area contributed by atoms with Crippen LogP contribution in [0.3, 0.4) is 0 Å². The number of rotatable bonds is 7. The van der Waals surface area contributed by atoms with Gasteiger partial charge in [-0.25, -0.2) is 14.5 Å². The molecule has 0 fully saturated rings. The van der Waals surface area contributed by atoms with Crippen LogP contribution in [-0.4, -0.2) is 48.2 Å². The average molecular weight is 649 g/mol. The molecule has 0 aliphatic carbocycles. The van der Waals surface area contributed by atoms with Gasteiger partial charge in [0, 0.05) is 23.8 Å². The Morgan fingerprint density at radius 1 is 1.17 bits per heavy atom. The fraction of sp³-hybridized carbons (Fsp3) is 0.226. The summed E-state index contributed by atoms with van der Waals surface area (Å²) in [6.45, 7) is 0.576. The smallest absolute Gasteiger partial charge is 0.417 e. The number of aliphatic hydroxyl groups is 1. The van der Waals surface area contributed by atoms with Crippen LogP contribution in [0.15, 0.2) is 65.7 Å². The lowest BCUT2D eigenvalue weighted by Crippen LogP contribution is -2.45. The minimum Gasteiger partial charge on any atom is -0.490 e. The Labute approximate surface area is 262 Å². The quantitative estimate of drug-likeness (QED) is 0.189. The molecule has 1 aliphatic heterocycles. The second-order valence-electron chi connectivity index (χ2n) is 11.1. The standard InChI is InChI=1S/C31H24F4N8O4/c1-30(46,29(45)39-18-6-3-16(12-36)21(11-18)31(33,34)35)13-47-19-7-4-15(5-8-19)25-24(27-37-14-38-43(27)2)26-23-20(28(44)42-41-26)9-17(32)10-22(23)40-25/h3-11,14,24-25,40,46H,13H2,1-2H3,(H,39,45)(H,42,44)/t24?,25-,30-/m0/s1. The van der Waals surface area contributed by atoms with E-state index in [0.29, 0.717) is 34.2 Å². The number of nitriles is 1. The summed E-state index contributed by atoms with van der Waals surface area (Å²) in [5.74, 6) is -1.45. The number of carbonyl (C=O) groups excluding carboxylic acids is 1. The number of aromatic amines is 1. The zero-order valence-corrected chi connectivity index (χ0v) is 24.6. The molecule has 47 heavy (non-hydrogen) atoms. The zero-order valence-electron chi connectivity index (χ0n) is 24.6. The van der Waals surface area contributed by atoms with Crippen molar-refractivity contribution in [3.63, 3.8) is 0 Å². The number of benzene rings is 3. The van der Waals surface area contributed by atoms with Crippen LogP contribution >= 0.6 is 0 Å². The lowest BCUT2D eigenvalue weighted by molar-refractivity contribution is -0.138. The van der Waals surface area contributed by atoms with Gasteiger partial charge in [-0.1, -0.05) is 12.1 Å². The van der Waals surface area contributed by atoms with Gasteiger partial charge in [-0.15, -0.1) is 0 Å². The Kier molecular flexibility index (Phi) is 7.64. The molecule has 4 N–H and O–H groups in total. The summed E-state index contributed by atoms with van der Waals surface area (Å²) < 4.78 is 61.7. The van der Waals surface area contributed by atoms with Crippen molar-refractivity contribution in [2.24, 2.45) is 7.05 Å². The Morgan fingerprint density at radius 2 is 1.91 bits per heavy atom. The molecule has 3 heterocycles. The lowest BCUT2D eigenvalue weighted by atomic mass is 9.83. The summed E-state index contributed by atoms with van der Waals surface area (Å²) in [6.07, 6.45) is -3.45. The monoisotopic (exact) mass is 648 g/mol. The molecule has 1 aliphatic rings. The maximum absolute atomic E-state index is 14.5. The third-order valence-electron chi connectivity index (χ3n) is 7.80. The van der Waals surface area contributed by atoms with Crippen molar-refractivity contribution in [3.05, 3.63) is 105 Å². The molecule has 1 unspecified atom stereocenters. The van der Waals surface area contributed by atoms with E-state index >= 15 is 0 Å². The molecule has 240 valence electrons. The second kappa shape index (κ2) is 11.5. The van der Waals surface area contributed by atoms with Gasteiger partial charge in [0.1, 0.15) is 30.3 Å². The molecule has 3 aromatic carbocycles. The normalized spacial score (nSPS) is 17.0. The topological polar surface area (TPSA) is 171 Å². The molecular formula is C31H24F4N8O4. The first-order valence-electron chi connectivity index (χ1n) is 14.0. The van der Waals surface area contributed by atoms with E-state index in [-0.39, 0.29) is 16.8 Å². The maximum Gasteiger partial charge on any atom is 0.417 e. The minimum atomic E-state index is -4.83. The fourth-order valence-corrected chi connectivity index (χ4v) is 5.45. The van der Waals surface area contributed by atoms with Crippen LogP contribution in [0.4, 0.5) is 28.9 Å². The minimum absolute atomic E-state index is 0.128. The highest BCUT2D eigenvalue weighted by Crippen LogP contribution is 2.46. The molecule has 0 radical (unpaired) electrons. The van der Waals surface area contributed by atoms with Crippen molar-refractivity contribution >= 4 is 28.1 Å². The highest BCUT2D eigenvalue weighted by Gasteiger charge is 2.38. The highest BCUT2D eigenvalue weighted by atomic mass is 19.4. The van der Waals surface area contributed by atoms with Crippen LogP contribution in [0, 0.1) is 17.1 Å². The second-order valence-corrected chi connectivity index (χ2v) is 11.1. The van der Waals surface area contributed by atoms with E-state index in [9.17, 15) is 32.3 Å². The predicted molar refractivity (Wildman–Crippen MR) is 159 cm³/mol. The lowest BCUT2D eigenvalue weighted by Gasteiger charge is -2.33. The number of aromatic nitrogens is 5. The van der Waals surface area contributed by atoms with Crippen molar-refractivity contribution in [1.82, 2.24) is 25.0 Å². The van der Waals surface area contributed by atoms with E-state index < -0.39 is 58.8 Å². The molecular weight excluding hydrogens is 624 g/mol. The molecule has 0 spiro atoms. The summed E-state index contributed by atoms with van der Waals surface area (Å²) in [6, 6.07) is 12.5. The summed E-state index contributed by atoms with van der Waals surface area (Å²) in [5, 5.41) is 36.8. The Balaban J connectivity index is 1.22. The Bertz CT molecular complexity index is 2120. The number of hydrogen-bond acceptors (Lipinski definition) is 9. The average Bonchev–Trinajstić information content (AvgIpc) is 3.46. The van der Waals surface area contributed by atoms with Crippen LogP contribution in [-0.2, 0) is 18.0 Å². The van der Waals surface area contributed by atoms with Gasteiger partial charge in [0.25, 0.3) is 11.5 Å². The van der Waals surface area contributed by atoms with Gasteiger partial charge in [0.2, 0.25) is 0 Å². The van der Waals surface area contributed by atoms with Crippen molar-refractivity contribution in [2.75, 3.05) is 17.2 Å². The van der Waals surface area contributed by atoms with E-state index in [2.05, 4.69) is 30.9 Å². The Hall–Kier alpha value is -5.82. The van der Waals surface area contributed by atoms with Crippen LogP contribution in [0.2, 0.25) is 0 Å². The van der Waals surface area contributed by atoms with E-state index in [0.717, 1.165) is 25.1 Å². The van der Waals surface area contributed by atoms with Gasteiger partial charge >= 0.3 is 6.18 Å². The number of hydrogen-bond donors (Lipinski definition) is 4. The summed E-state index contributed by atoms with van der Waals surface area (Å²) >= 11 is 0. The number of alkyl halides is 3. The third-order valence-corrected chi connectivity index (χ3v) is 7.80. The number of amides is 1. The molecule has 0 saturated carbocycles. The number of H-pyrrole nitrogens is 1. The molecule has 12 nitrogen and oxygen atoms in total. The van der Waals surface area contributed by atoms with Crippen molar-refractivity contribution in [2.45, 2.75) is 30.7 Å². The molecule has 6 rings (SSSR count). The van der Waals surface area contributed by atoms with Gasteiger partial charge in [-0.3, -0.25) is 14.3 Å². The number of anilines is 2. The number of ether oxygens (including phenoxy) is 1.